The van der Waals surface area contributed by atoms with Crippen LogP contribution >= 0.6 is 0 Å². The molecule has 0 aliphatic heterocycles. The van der Waals surface area contributed by atoms with E-state index >= 15 is 0 Å². The third kappa shape index (κ3) is 4.83. The minimum Gasteiger partial charge on any atom is -0.481 e. The van der Waals surface area contributed by atoms with Crippen molar-refractivity contribution >= 4 is 17.6 Å². The van der Waals surface area contributed by atoms with E-state index in [2.05, 4.69) is 10.1 Å². The molecule has 0 radical (unpaired) electrons. The van der Waals surface area contributed by atoms with E-state index in [4.69, 9.17) is 4.74 Å². The van der Waals surface area contributed by atoms with Gasteiger partial charge in [0.25, 0.3) is 5.91 Å². The van der Waals surface area contributed by atoms with E-state index in [9.17, 15) is 9.59 Å². The van der Waals surface area contributed by atoms with Crippen LogP contribution in [-0.2, 0) is 9.53 Å². The second-order valence-electron chi connectivity index (χ2n) is 5.82. The van der Waals surface area contributed by atoms with Crippen molar-refractivity contribution < 1.29 is 19.1 Å². The number of rotatable bonds is 6. The van der Waals surface area contributed by atoms with Gasteiger partial charge in [-0.15, -0.1) is 0 Å². The summed E-state index contributed by atoms with van der Waals surface area (Å²) in [6, 6.07) is 12.3. The molecule has 0 bridgehead atoms. The number of esters is 1. The number of hydrogen-bond acceptors (Lipinski definition) is 4. The minimum atomic E-state index is -0.595. The Labute approximate surface area is 148 Å². The summed E-state index contributed by atoms with van der Waals surface area (Å²) < 4.78 is 10.5. The highest BCUT2D eigenvalue weighted by Gasteiger charge is 2.19. The Bertz CT molecular complexity index is 753. The van der Waals surface area contributed by atoms with Crippen molar-refractivity contribution in [2.45, 2.75) is 33.3 Å². The molecule has 0 saturated heterocycles. The quantitative estimate of drug-likeness (QED) is 0.810. The maximum atomic E-state index is 12.4. The summed E-state index contributed by atoms with van der Waals surface area (Å²) in [4.78, 5) is 23.9. The zero-order chi connectivity index (χ0) is 18.4. The van der Waals surface area contributed by atoms with Gasteiger partial charge in [-0.05, 0) is 67.8 Å². The lowest BCUT2D eigenvalue weighted by atomic mass is 10.1. The number of benzene rings is 2. The fourth-order valence-electron chi connectivity index (χ4n) is 2.30. The summed E-state index contributed by atoms with van der Waals surface area (Å²) in [5, 5.41) is 2.81. The third-order valence-corrected chi connectivity index (χ3v) is 3.99. The van der Waals surface area contributed by atoms with Gasteiger partial charge in [-0.2, -0.15) is 0 Å². The molecule has 1 atom stereocenters. The molecule has 2 aromatic rings. The molecule has 0 fully saturated rings. The van der Waals surface area contributed by atoms with Gasteiger partial charge in [0.15, 0.2) is 6.10 Å². The number of aryl methyl sites for hydroxylation is 2. The van der Waals surface area contributed by atoms with E-state index in [1.165, 1.54) is 12.7 Å². The van der Waals surface area contributed by atoms with Crippen molar-refractivity contribution in [2.75, 3.05) is 12.4 Å². The van der Waals surface area contributed by atoms with Crippen LogP contribution in [0.2, 0.25) is 0 Å². The number of methoxy groups -OCH3 is 1. The number of carbonyl (C=O) groups is 2. The number of carbonyl (C=O) groups excluding carboxylic acids is 2. The van der Waals surface area contributed by atoms with Crippen LogP contribution in [0.3, 0.4) is 0 Å². The monoisotopic (exact) mass is 341 g/mol. The lowest BCUT2D eigenvalue weighted by molar-refractivity contribution is -0.122. The standard InChI is InChI=1S/C20H23NO4/c1-5-18(25-17-11-6-13(2)14(3)12-17)19(22)21-16-9-7-15(8-10-16)20(23)24-4/h6-12,18H,5H2,1-4H3,(H,21,22)/t18-/m0/s1. The molecule has 1 amide bonds. The third-order valence-electron chi connectivity index (χ3n) is 3.99. The summed E-state index contributed by atoms with van der Waals surface area (Å²) in [5.41, 5.74) is 3.32. The summed E-state index contributed by atoms with van der Waals surface area (Å²) in [6.45, 7) is 5.93. The van der Waals surface area contributed by atoms with Gasteiger partial charge in [-0.3, -0.25) is 4.79 Å². The molecule has 0 saturated carbocycles. The first kappa shape index (κ1) is 18.5. The van der Waals surface area contributed by atoms with Gasteiger partial charge in [0.2, 0.25) is 0 Å². The topological polar surface area (TPSA) is 64.6 Å². The second-order valence-corrected chi connectivity index (χ2v) is 5.82. The van der Waals surface area contributed by atoms with Crippen LogP contribution in [0, 0.1) is 13.8 Å². The van der Waals surface area contributed by atoms with Gasteiger partial charge in [-0.25, -0.2) is 4.79 Å². The fraction of sp³-hybridized carbons (Fsp3) is 0.300. The molecule has 2 aromatic carbocycles. The number of nitrogens with one attached hydrogen (secondary N) is 1. The Balaban J connectivity index is 2.04. The number of anilines is 1. The van der Waals surface area contributed by atoms with Crippen molar-refractivity contribution in [1.82, 2.24) is 0 Å². The maximum absolute atomic E-state index is 12.4. The molecule has 0 unspecified atom stereocenters. The van der Waals surface area contributed by atoms with E-state index in [1.807, 2.05) is 39.0 Å². The predicted octanol–water partition coefficient (Wildman–Crippen LogP) is 3.89. The van der Waals surface area contributed by atoms with Gasteiger partial charge >= 0.3 is 5.97 Å². The van der Waals surface area contributed by atoms with Gasteiger partial charge in [0, 0.05) is 5.69 Å². The first-order valence-corrected chi connectivity index (χ1v) is 8.17. The zero-order valence-corrected chi connectivity index (χ0v) is 15.0. The summed E-state index contributed by atoms with van der Waals surface area (Å²) in [7, 11) is 1.33. The molecule has 5 nitrogen and oxygen atoms in total. The molecule has 0 aromatic heterocycles. The molecule has 132 valence electrons. The lowest BCUT2D eigenvalue weighted by Gasteiger charge is -2.18. The fourth-order valence-corrected chi connectivity index (χ4v) is 2.30. The van der Waals surface area contributed by atoms with Gasteiger partial charge < -0.3 is 14.8 Å². The molecule has 1 N–H and O–H groups in total. The highest BCUT2D eigenvalue weighted by atomic mass is 16.5. The smallest absolute Gasteiger partial charge is 0.337 e. The zero-order valence-electron chi connectivity index (χ0n) is 15.0. The SMILES string of the molecule is CC[C@H](Oc1ccc(C)c(C)c1)C(=O)Nc1ccc(C(=O)OC)cc1. The van der Waals surface area contributed by atoms with E-state index in [1.54, 1.807) is 24.3 Å². The predicted molar refractivity (Wildman–Crippen MR) is 97.0 cm³/mol. The van der Waals surface area contributed by atoms with Crippen LogP contribution in [0.4, 0.5) is 5.69 Å². The Kier molecular flexibility index (Phi) is 6.17. The minimum absolute atomic E-state index is 0.230. The highest BCUT2D eigenvalue weighted by Crippen LogP contribution is 2.19. The van der Waals surface area contributed by atoms with Gasteiger partial charge in [-0.1, -0.05) is 13.0 Å². The van der Waals surface area contributed by atoms with Crippen LogP contribution in [-0.4, -0.2) is 25.1 Å². The molecule has 0 aliphatic carbocycles. The average molecular weight is 341 g/mol. The Hall–Kier alpha value is -2.82. The molecule has 25 heavy (non-hydrogen) atoms. The Morgan fingerprint density at radius 2 is 1.72 bits per heavy atom. The first-order chi connectivity index (χ1) is 11.9. The van der Waals surface area contributed by atoms with Gasteiger partial charge in [0.1, 0.15) is 5.75 Å². The van der Waals surface area contributed by atoms with Crippen molar-refractivity contribution in [3.05, 3.63) is 59.2 Å². The largest absolute Gasteiger partial charge is 0.481 e. The van der Waals surface area contributed by atoms with Crippen molar-refractivity contribution in [3.8, 4) is 5.75 Å². The van der Waals surface area contributed by atoms with E-state index in [0.717, 1.165) is 5.56 Å². The van der Waals surface area contributed by atoms with Crippen molar-refractivity contribution in [1.29, 1.82) is 0 Å². The molecule has 0 aliphatic rings. The van der Waals surface area contributed by atoms with E-state index in [0.29, 0.717) is 23.4 Å². The molecular weight excluding hydrogens is 318 g/mol. The molecule has 5 heteroatoms. The molecule has 0 heterocycles. The van der Waals surface area contributed by atoms with Crippen molar-refractivity contribution in [3.63, 3.8) is 0 Å². The summed E-state index contributed by atoms with van der Waals surface area (Å²) >= 11 is 0. The van der Waals surface area contributed by atoms with Crippen molar-refractivity contribution in [2.24, 2.45) is 0 Å². The molecule has 0 spiro atoms. The lowest BCUT2D eigenvalue weighted by Crippen LogP contribution is -2.32. The van der Waals surface area contributed by atoms with Gasteiger partial charge in [0.05, 0.1) is 12.7 Å². The number of hydrogen-bond donors (Lipinski definition) is 1. The second kappa shape index (κ2) is 8.33. The Morgan fingerprint density at radius 1 is 1.04 bits per heavy atom. The van der Waals surface area contributed by atoms with Crippen LogP contribution in [0.25, 0.3) is 0 Å². The first-order valence-electron chi connectivity index (χ1n) is 8.17. The van der Waals surface area contributed by atoms with Crippen LogP contribution in [0.1, 0.15) is 34.8 Å². The van der Waals surface area contributed by atoms with Crippen LogP contribution in [0.5, 0.6) is 5.75 Å². The number of ether oxygens (including phenoxy) is 2. The maximum Gasteiger partial charge on any atom is 0.337 e. The number of amides is 1. The van der Waals surface area contributed by atoms with Crippen LogP contribution < -0.4 is 10.1 Å². The highest BCUT2D eigenvalue weighted by molar-refractivity contribution is 5.95. The average Bonchev–Trinajstić information content (AvgIpc) is 2.62. The van der Waals surface area contributed by atoms with Crippen LogP contribution in [0.15, 0.2) is 42.5 Å². The summed E-state index contributed by atoms with van der Waals surface area (Å²) in [5.74, 6) is 0.0278. The summed E-state index contributed by atoms with van der Waals surface area (Å²) in [6.07, 6.45) is -0.0543. The Morgan fingerprint density at radius 3 is 2.28 bits per heavy atom. The molecular formula is C20H23NO4. The van der Waals surface area contributed by atoms with E-state index in [-0.39, 0.29) is 5.91 Å². The molecule has 2 rings (SSSR count). The normalized spacial score (nSPS) is 11.5. The van der Waals surface area contributed by atoms with E-state index < -0.39 is 12.1 Å².